The summed E-state index contributed by atoms with van der Waals surface area (Å²) in [6, 6.07) is 1.91. The molecule has 2 aromatic heterocycles. The summed E-state index contributed by atoms with van der Waals surface area (Å²) >= 11 is 1.27. The minimum Gasteiger partial charge on any atom is -0.461 e. The van der Waals surface area contributed by atoms with Gasteiger partial charge in [0.1, 0.15) is 0 Å². The van der Waals surface area contributed by atoms with E-state index in [1.54, 1.807) is 6.92 Å². The lowest BCUT2D eigenvalue weighted by Gasteiger charge is -2.16. The van der Waals surface area contributed by atoms with Crippen molar-refractivity contribution in [1.82, 2.24) is 14.9 Å². The quantitative estimate of drug-likeness (QED) is 0.417. The number of nitrogens with one attached hydrogen (secondary N) is 1. The van der Waals surface area contributed by atoms with Crippen molar-refractivity contribution < 1.29 is 14.3 Å². The molecule has 0 saturated heterocycles. The number of carbonyl (C=O) groups excluding carboxylic acids is 2. The Kier molecular flexibility index (Phi) is 8.07. The second kappa shape index (κ2) is 10.8. The minimum atomic E-state index is -0.407. The maximum Gasteiger partial charge on any atom is 0.367 e. The number of ether oxygens (including phenoxy) is 1. The zero-order chi connectivity index (χ0) is 22.4. The van der Waals surface area contributed by atoms with Gasteiger partial charge in [-0.15, -0.1) is 11.3 Å². The van der Waals surface area contributed by atoms with Gasteiger partial charge in [0.2, 0.25) is 5.01 Å². The van der Waals surface area contributed by atoms with Crippen molar-refractivity contribution in [2.24, 2.45) is 5.92 Å². The van der Waals surface area contributed by atoms with Gasteiger partial charge in [0, 0.05) is 24.2 Å². The summed E-state index contributed by atoms with van der Waals surface area (Å²) in [5.74, 6) is -0.0884. The molecule has 0 aromatic carbocycles. The highest BCUT2D eigenvalue weighted by Gasteiger charge is 2.22. The van der Waals surface area contributed by atoms with E-state index in [0.717, 1.165) is 37.2 Å². The zero-order valence-corrected chi connectivity index (χ0v) is 19.8. The Morgan fingerprint density at radius 2 is 2.13 bits per heavy atom. The van der Waals surface area contributed by atoms with Crippen molar-refractivity contribution in [3.8, 4) is 11.4 Å². The third-order valence-electron chi connectivity index (χ3n) is 5.54. The number of esters is 1. The summed E-state index contributed by atoms with van der Waals surface area (Å²) in [5, 5.41) is 5.23. The van der Waals surface area contributed by atoms with Gasteiger partial charge in [0.05, 0.1) is 23.6 Å². The first-order valence-electron chi connectivity index (χ1n) is 11.2. The standard InChI is InChI=1S/C24H33N3O3S/c1-5-30-24(29)23-26-20(15-31-23)21-13-19(22(28)25-14-16(2)3)17(4)27(21)12-11-18-9-7-6-8-10-18/h9,13,15-16H,5-8,10-12,14H2,1-4H3,(H,25,28). The molecule has 1 amide bonds. The average molecular weight is 444 g/mol. The Morgan fingerprint density at radius 3 is 2.81 bits per heavy atom. The fraction of sp³-hybridized carbons (Fsp3) is 0.542. The van der Waals surface area contributed by atoms with Crippen LogP contribution in [0.2, 0.25) is 0 Å². The number of carbonyl (C=O) groups is 2. The summed E-state index contributed by atoms with van der Waals surface area (Å²) in [4.78, 5) is 29.4. The molecule has 0 unspecified atom stereocenters. The molecule has 168 valence electrons. The van der Waals surface area contributed by atoms with Crippen molar-refractivity contribution in [3.63, 3.8) is 0 Å². The van der Waals surface area contributed by atoms with Gasteiger partial charge in [-0.05, 0) is 57.9 Å². The molecule has 7 heteroatoms. The molecule has 1 aliphatic rings. The van der Waals surface area contributed by atoms with Crippen molar-refractivity contribution in [2.75, 3.05) is 13.2 Å². The lowest BCUT2D eigenvalue weighted by Crippen LogP contribution is -2.27. The Bertz CT molecular complexity index is 955. The summed E-state index contributed by atoms with van der Waals surface area (Å²) in [7, 11) is 0. The van der Waals surface area contributed by atoms with Crippen LogP contribution in [-0.2, 0) is 11.3 Å². The molecule has 0 aliphatic heterocycles. The van der Waals surface area contributed by atoms with Crippen molar-refractivity contribution in [1.29, 1.82) is 0 Å². The van der Waals surface area contributed by atoms with E-state index in [1.807, 2.05) is 18.4 Å². The second-order valence-corrected chi connectivity index (χ2v) is 9.26. The van der Waals surface area contributed by atoms with Crippen LogP contribution in [0.15, 0.2) is 23.1 Å². The minimum absolute atomic E-state index is 0.0658. The molecular weight excluding hydrogens is 410 g/mol. The number of aromatic nitrogens is 2. The van der Waals surface area contributed by atoms with E-state index in [-0.39, 0.29) is 5.91 Å². The van der Waals surface area contributed by atoms with E-state index >= 15 is 0 Å². The Balaban J connectivity index is 1.91. The van der Waals surface area contributed by atoms with Crippen LogP contribution in [0, 0.1) is 12.8 Å². The molecule has 0 bridgehead atoms. The van der Waals surface area contributed by atoms with Crippen LogP contribution in [0.5, 0.6) is 0 Å². The lowest BCUT2D eigenvalue weighted by molar-refractivity contribution is 0.0526. The SMILES string of the molecule is CCOC(=O)c1nc(-c2cc(C(=O)NCC(C)C)c(C)n2CCC2=CCCCC2)cs1. The predicted molar refractivity (Wildman–Crippen MR) is 125 cm³/mol. The number of hydrogen-bond donors (Lipinski definition) is 1. The fourth-order valence-corrected chi connectivity index (χ4v) is 4.54. The molecule has 0 fully saturated rings. The third-order valence-corrected chi connectivity index (χ3v) is 6.36. The van der Waals surface area contributed by atoms with Crippen molar-refractivity contribution in [2.45, 2.75) is 66.3 Å². The van der Waals surface area contributed by atoms with Crippen molar-refractivity contribution >= 4 is 23.2 Å². The van der Waals surface area contributed by atoms with Gasteiger partial charge < -0.3 is 14.6 Å². The molecule has 0 saturated carbocycles. The Morgan fingerprint density at radius 1 is 1.32 bits per heavy atom. The van der Waals surface area contributed by atoms with E-state index < -0.39 is 5.97 Å². The summed E-state index contributed by atoms with van der Waals surface area (Å²) < 4.78 is 7.26. The second-order valence-electron chi connectivity index (χ2n) is 8.40. The van der Waals surface area contributed by atoms with Gasteiger partial charge in [-0.2, -0.15) is 0 Å². The molecule has 0 spiro atoms. The maximum atomic E-state index is 12.8. The molecule has 6 nitrogen and oxygen atoms in total. The Labute approximate surface area is 188 Å². The molecule has 31 heavy (non-hydrogen) atoms. The van der Waals surface area contributed by atoms with Gasteiger partial charge in [-0.3, -0.25) is 4.79 Å². The van der Waals surface area contributed by atoms with Gasteiger partial charge in [0.15, 0.2) is 0 Å². The number of allylic oxidation sites excluding steroid dienone is 2. The van der Waals surface area contributed by atoms with Gasteiger partial charge >= 0.3 is 5.97 Å². The van der Waals surface area contributed by atoms with Crippen molar-refractivity contribution in [3.05, 3.63) is 39.4 Å². The monoisotopic (exact) mass is 443 g/mol. The molecule has 0 atom stereocenters. The Hall–Kier alpha value is -2.41. The predicted octanol–water partition coefficient (Wildman–Crippen LogP) is 5.37. The van der Waals surface area contributed by atoms with E-state index in [9.17, 15) is 9.59 Å². The maximum absolute atomic E-state index is 12.8. The fourth-order valence-electron chi connectivity index (χ4n) is 3.83. The van der Waals surface area contributed by atoms with E-state index in [2.05, 4.69) is 34.8 Å². The number of amides is 1. The van der Waals surface area contributed by atoms with Crippen LogP contribution in [-0.4, -0.2) is 34.6 Å². The highest BCUT2D eigenvalue weighted by molar-refractivity contribution is 7.11. The van der Waals surface area contributed by atoms with Crippen LogP contribution < -0.4 is 5.32 Å². The van der Waals surface area contributed by atoms with Crippen LogP contribution in [0.3, 0.4) is 0 Å². The summed E-state index contributed by atoms with van der Waals surface area (Å²) in [5.41, 5.74) is 4.66. The molecular formula is C24H33N3O3S. The van der Waals surface area contributed by atoms with Crippen LogP contribution in [0.25, 0.3) is 11.4 Å². The van der Waals surface area contributed by atoms with Crippen LogP contribution in [0.1, 0.15) is 78.7 Å². The van der Waals surface area contributed by atoms with Gasteiger partial charge in [-0.1, -0.05) is 25.5 Å². The van der Waals surface area contributed by atoms with Gasteiger partial charge in [-0.25, -0.2) is 9.78 Å². The summed E-state index contributed by atoms with van der Waals surface area (Å²) in [6.07, 6.45) is 8.16. The topological polar surface area (TPSA) is 73.2 Å². The lowest BCUT2D eigenvalue weighted by atomic mass is 9.97. The van der Waals surface area contributed by atoms with Crippen LogP contribution >= 0.6 is 11.3 Å². The molecule has 0 radical (unpaired) electrons. The molecule has 1 N–H and O–H groups in total. The normalized spacial score (nSPS) is 13.9. The number of nitrogens with zero attached hydrogens (tertiary/aromatic N) is 2. The zero-order valence-electron chi connectivity index (χ0n) is 19.0. The largest absolute Gasteiger partial charge is 0.461 e. The van der Waals surface area contributed by atoms with E-state index in [4.69, 9.17) is 4.74 Å². The van der Waals surface area contributed by atoms with E-state index in [0.29, 0.717) is 35.3 Å². The number of thiazole rings is 1. The highest BCUT2D eigenvalue weighted by Crippen LogP contribution is 2.29. The smallest absolute Gasteiger partial charge is 0.367 e. The molecule has 3 rings (SSSR count). The first-order chi connectivity index (χ1) is 14.9. The number of rotatable bonds is 9. The molecule has 2 heterocycles. The highest BCUT2D eigenvalue weighted by atomic mass is 32.1. The molecule has 1 aliphatic carbocycles. The van der Waals surface area contributed by atoms with E-state index in [1.165, 1.54) is 29.8 Å². The first kappa shape index (κ1) is 23.3. The summed E-state index contributed by atoms with van der Waals surface area (Å²) in [6.45, 7) is 9.66. The van der Waals surface area contributed by atoms with Crippen LogP contribution in [0.4, 0.5) is 0 Å². The number of hydrogen-bond acceptors (Lipinski definition) is 5. The van der Waals surface area contributed by atoms with Gasteiger partial charge in [0.25, 0.3) is 5.91 Å². The average Bonchev–Trinajstić information content (AvgIpc) is 3.36. The third kappa shape index (κ3) is 5.85. The molecule has 2 aromatic rings. The first-order valence-corrected chi connectivity index (χ1v) is 12.1.